The van der Waals surface area contributed by atoms with Crippen molar-refractivity contribution in [3.63, 3.8) is 0 Å². The first-order chi connectivity index (χ1) is 12.2. The number of aliphatic hydroxyl groups excluding tert-OH is 1. The number of aliphatic hydroxyl groups is 1. The fourth-order valence-corrected chi connectivity index (χ4v) is 5.01. The van der Waals surface area contributed by atoms with Crippen LogP contribution in [-0.4, -0.2) is 40.3 Å². The Morgan fingerprint density at radius 2 is 1.72 bits per heavy atom. The highest BCUT2D eigenvalue weighted by Crippen LogP contribution is 2.35. The molecule has 1 N–H and O–H groups in total. The molecule has 2 aromatic rings. The molecule has 1 saturated heterocycles. The van der Waals surface area contributed by atoms with Crippen LogP contribution < -0.4 is 0 Å². The standard InChI is InChI=1S/C21H29ClN2O/c22-19-10-7-9-18-17-8-3-4-11-20(17)24(21(18)19)15-16(25)14-23-12-5-1-2-6-13-23/h7,9-10,16,25H,1-6,8,11-15H2/t16-/m1/s1. The van der Waals surface area contributed by atoms with Crippen molar-refractivity contribution in [2.45, 2.75) is 64.0 Å². The Labute approximate surface area is 155 Å². The normalized spacial score (nSPS) is 20.4. The number of benzene rings is 1. The predicted molar refractivity (Wildman–Crippen MR) is 105 cm³/mol. The van der Waals surface area contributed by atoms with Gasteiger partial charge in [0.05, 0.1) is 23.2 Å². The van der Waals surface area contributed by atoms with Crippen molar-refractivity contribution in [1.29, 1.82) is 0 Å². The highest BCUT2D eigenvalue weighted by atomic mass is 35.5. The first-order valence-electron chi connectivity index (χ1n) is 9.93. The van der Waals surface area contributed by atoms with E-state index in [-0.39, 0.29) is 6.10 Å². The largest absolute Gasteiger partial charge is 0.390 e. The summed E-state index contributed by atoms with van der Waals surface area (Å²) in [5.74, 6) is 0. The van der Waals surface area contributed by atoms with E-state index in [2.05, 4.69) is 21.6 Å². The number of fused-ring (bicyclic) bond motifs is 3. The minimum absolute atomic E-state index is 0.337. The molecule has 25 heavy (non-hydrogen) atoms. The summed E-state index contributed by atoms with van der Waals surface area (Å²) >= 11 is 6.57. The number of β-amino-alcohol motifs (C(OH)–C–C–N with tert-alkyl or cyclic N) is 1. The molecule has 1 atom stereocenters. The summed E-state index contributed by atoms with van der Waals surface area (Å²) in [5, 5.41) is 12.9. The summed E-state index contributed by atoms with van der Waals surface area (Å²) in [6.45, 7) is 3.69. The lowest BCUT2D eigenvalue weighted by molar-refractivity contribution is 0.0999. The quantitative estimate of drug-likeness (QED) is 0.874. The highest BCUT2D eigenvalue weighted by molar-refractivity contribution is 6.35. The molecule has 0 bridgehead atoms. The molecule has 1 aliphatic carbocycles. The summed E-state index contributed by atoms with van der Waals surface area (Å²) in [5.41, 5.74) is 4.00. The molecule has 0 amide bonds. The molecule has 0 saturated carbocycles. The summed E-state index contributed by atoms with van der Waals surface area (Å²) < 4.78 is 2.33. The Morgan fingerprint density at radius 1 is 0.960 bits per heavy atom. The van der Waals surface area contributed by atoms with Crippen LogP contribution in [0.3, 0.4) is 0 Å². The van der Waals surface area contributed by atoms with Crippen molar-refractivity contribution in [3.05, 3.63) is 34.5 Å². The van der Waals surface area contributed by atoms with Gasteiger partial charge in [0.25, 0.3) is 0 Å². The molecule has 0 radical (unpaired) electrons. The van der Waals surface area contributed by atoms with Crippen LogP contribution in [0.2, 0.25) is 5.02 Å². The van der Waals surface area contributed by atoms with Crippen molar-refractivity contribution in [3.8, 4) is 0 Å². The average Bonchev–Trinajstić information content (AvgIpc) is 2.76. The van der Waals surface area contributed by atoms with E-state index >= 15 is 0 Å². The number of hydrogen-bond donors (Lipinski definition) is 1. The van der Waals surface area contributed by atoms with Crippen LogP contribution in [-0.2, 0) is 19.4 Å². The first-order valence-corrected chi connectivity index (χ1v) is 10.3. The van der Waals surface area contributed by atoms with Crippen molar-refractivity contribution in [2.75, 3.05) is 19.6 Å². The molecule has 0 unspecified atom stereocenters. The maximum atomic E-state index is 10.8. The van der Waals surface area contributed by atoms with E-state index in [0.29, 0.717) is 6.54 Å². The lowest BCUT2D eigenvalue weighted by Gasteiger charge is -2.25. The number of nitrogens with zero attached hydrogens (tertiary/aromatic N) is 2. The molecule has 2 aliphatic rings. The number of likely N-dealkylation sites (tertiary alicyclic amines) is 1. The third-order valence-corrected chi connectivity index (χ3v) is 6.21. The molecule has 2 heterocycles. The van der Waals surface area contributed by atoms with Gasteiger partial charge in [0.2, 0.25) is 0 Å². The molecule has 1 aliphatic heterocycles. The van der Waals surface area contributed by atoms with Gasteiger partial charge in [0, 0.05) is 17.6 Å². The number of aryl methyl sites for hydroxylation is 1. The monoisotopic (exact) mass is 360 g/mol. The lowest BCUT2D eigenvalue weighted by Crippen LogP contribution is -2.35. The second kappa shape index (κ2) is 7.69. The Kier molecular flexibility index (Phi) is 5.35. The number of rotatable bonds is 4. The summed E-state index contributed by atoms with van der Waals surface area (Å²) in [7, 11) is 0. The van der Waals surface area contributed by atoms with Crippen LogP contribution >= 0.6 is 11.6 Å². The van der Waals surface area contributed by atoms with Crippen LogP contribution in [0.4, 0.5) is 0 Å². The summed E-state index contributed by atoms with van der Waals surface area (Å²) in [6, 6.07) is 6.23. The SMILES string of the molecule is O[C@H](CN1CCCCCC1)Cn1c2c(c3cccc(Cl)c31)CCCC2. The van der Waals surface area contributed by atoms with Gasteiger partial charge in [-0.05, 0) is 63.2 Å². The molecule has 1 aromatic heterocycles. The zero-order valence-corrected chi connectivity index (χ0v) is 15.8. The molecule has 136 valence electrons. The van der Waals surface area contributed by atoms with Crippen molar-refractivity contribution in [2.24, 2.45) is 0 Å². The fourth-order valence-electron chi connectivity index (χ4n) is 4.73. The number of para-hydroxylation sites is 1. The van der Waals surface area contributed by atoms with Crippen molar-refractivity contribution in [1.82, 2.24) is 9.47 Å². The Balaban J connectivity index is 1.60. The van der Waals surface area contributed by atoms with Gasteiger partial charge in [-0.15, -0.1) is 0 Å². The average molecular weight is 361 g/mol. The molecular weight excluding hydrogens is 332 g/mol. The minimum atomic E-state index is -0.337. The maximum Gasteiger partial charge on any atom is 0.0845 e. The van der Waals surface area contributed by atoms with Crippen molar-refractivity contribution < 1.29 is 5.11 Å². The third kappa shape index (κ3) is 3.60. The van der Waals surface area contributed by atoms with E-state index in [1.807, 2.05) is 6.07 Å². The minimum Gasteiger partial charge on any atom is -0.390 e. The molecular formula is C21H29ClN2O. The van der Waals surface area contributed by atoms with Crippen LogP contribution in [0, 0.1) is 0 Å². The second-order valence-electron chi connectivity index (χ2n) is 7.75. The third-order valence-electron chi connectivity index (χ3n) is 5.91. The lowest BCUT2D eigenvalue weighted by atomic mass is 9.95. The van der Waals surface area contributed by atoms with Gasteiger partial charge >= 0.3 is 0 Å². The Morgan fingerprint density at radius 3 is 2.52 bits per heavy atom. The van der Waals surface area contributed by atoms with Gasteiger partial charge in [0.1, 0.15) is 0 Å². The molecule has 3 nitrogen and oxygen atoms in total. The van der Waals surface area contributed by atoms with Gasteiger partial charge in [-0.3, -0.25) is 0 Å². The van der Waals surface area contributed by atoms with E-state index < -0.39 is 0 Å². The van der Waals surface area contributed by atoms with Crippen LogP contribution in [0.5, 0.6) is 0 Å². The van der Waals surface area contributed by atoms with Crippen LogP contribution in [0.25, 0.3) is 10.9 Å². The molecule has 0 spiro atoms. The zero-order valence-electron chi connectivity index (χ0n) is 15.0. The van der Waals surface area contributed by atoms with Gasteiger partial charge in [-0.25, -0.2) is 0 Å². The first kappa shape index (κ1) is 17.4. The highest BCUT2D eigenvalue weighted by Gasteiger charge is 2.23. The zero-order chi connectivity index (χ0) is 17.2. The fraction of sp³-hybridized carbons (Fsp3) is 0.619. The van der Waals surface area contributed by atoms with Gasteiger partial charge < -0.3 is 14.6 Å². The molecule has 1 fully saturated rings. The predicted octanol–water partition coefficient (Wildman–Crippen LogP) is 4.41. The van der Waals surface area contributed by atoms with Gasteiger partial charge in [-0.1, -0.05) is 36.6 Å². The van der Waals surface area contributed by atoms with E-state index in [4.69, 9.17) is 11.6 Å². The smallest absolute Gasteiger partial charge is 0.0845 e. The van der Waals surface area contributed by atoms with E-state index in [0.717, 1.165) is 43.0 Å². The van der Waals surface area contributed by atoms with E-state index in [1.54, 1.807) is 0 Å². The molecule has 4 rings (SSSR count). The maximum absolute atomic E-state index is 10.8. The number of hydrogen-bond acceptors (Lipinski definition) is 2. The molecule has 4 heteroatoms. The Hall–Kier alpha value is -1.03. The summed E-state index contributed by atoms with van der Waals surface area (Å²) in [4.78, 5) is 2.44. The number of halogens is 1. The number of aromatic nitrogens is 1. The van der Waals surface area contributed by atoms with Crippen molar-refractivity contribution >= 4 is 22.5 Å². The van der Waals surface area contributed by atoms with Gasteiger partial charge in [-0.2, -0.15) is 0 Å². The Bertz CT molecular complexity index is 731. The van der Waals surface area contributed by atoms with E-state index in [1.165, 1.54) is 55.2 Å². The van der Waals surface area contributed by atoms with Gasteiger partial charge in [0.15, 0.2) is 0 Å². The van der Waals surface area contributed by atoms with Crippen LogP contribution in [0.15, 0.2) is 18.2 Å². The second-order valence-corrected chi connectivity index (χ2v) is 8.15. The summed E-state index contributed by atoms with van der Waals surface area (Å²) in [6.07, 6.45) is 9.60. The van der Waals surface area contributed by atoms with Crippen LogP contribution in [0.1, 0.15) is 49.8 Å². The van der Waals surface area contributed by atoms with E-state index in [9.17, 15) is 5.11 Å². The topological polar surface area (TPSA) is 28.4 Å². The molecule has 1 aromatic carbocycles.